The Morgan fingerprint density at radius 1 is 0.625 bits per heavy atom. The van der Waals surface area contributed by atoms with Gasteiger partial charge in [0.15, 0.2) is 0 Å². The van der Waals surface area contributed by atoms with Crippen LogP contribution in [0.15, 0.2) is 109 Å². The molecular formula is C28H27FO2P+. The van der Waals surface area contributed by atoms with Gasteiger partial charge in [-0.15, -0.1) is 0 Å². The molecule has 0 spiro atoms. The van der Waals surface area contributed by atoms with Crippen molar-refractivity contribution in [2.24, 2.45) is 0 Å². The largest absolute Gasteiger partial charge is 0.497 e. The third-order valence-electron chi connectivity index (χ3n) is 5.60. The van der Waals surface area contributed by atoms with E-state index in [4.69, 9.17) is 9.47 Å². The number of alkyl halides is 1. The monoisotopic (exact) mass is 444 g/mol. The molecule has 0 saturated heterocycles. The highest BCUT2D eigenvalue weighted by atomic mass is 31.2. The number of methoxy groups -OCH3 is 1. The molecule has 0 amide bonds. The molecule has 162 valence electrons. The van der Waals surface area contributed by atoms with Crippen molar-refractivity contribution in [1.29, 1.82) is 0 Å². The minimum absolute atomic E-state index is 0.0723. The smallest absolute Gasteiger partial charge is 0.123 e. The molecule has 2 nitrogen and oxygen atoms in total. The van der Waals surface area contributed by atoms with Crippen LogP contribution in [0.4, 0.5) is 4.39 Å². The lowest BCUT2D eigenvalue weighted by Gasteiger charge is -2.28. The zero-order valence-corrected chi connectivity index (χ0v) is 19.0. The van der Waals surface area contributed by atoms with Crippen molar-refractivity contribution in [2.45, 2.75) is 6.16 Å². The van der Waals surface area contributed by atoms with E-state index in [1.807, 2.05) is 24.3 Å². The average Bonchev–Trinajstić information content (AvgIpc) is 2.88. The lowest BCUT2D eigenvalue weighted by atomic mass is 10.2. The number of ether oxygens (including phenoxy) is 2. The van der Waals surface area contributed by atoms with Gasteiger partial charge in [0.1, 0.15) is 48.0 Å². The summed E-state index contributed by atoms with van der Waals surface area (Å²) in [4.78, 5) is 0. The summed E-state index contributed by atoms with van der Waals surface area (Å²) in [5.74, 6) is 1.54. The summed E-state index contributed by atoms with van der Waals surface area (Å²) in [6, 6.07) is 38.0. The Balaban J connectivity index is 1.88. The second-order valence-electron chi connectivity index (χ2n) is 7.52. The van der Waals surface area contributed by atoms with E-state index >= 15 is 0 Å². The molecule has 0 aliphatic carbocycles. The minimum atomic E-state index is -2.01. The Morgan fingerprint density at radius 2 is 1.12 bits per heavy atom. The third kappa shape index (κ3) is 4.69. The summed E-state index contributed by atoms with van der Waals surface area (Å²) in [6.07, 6.45) is 0.885. The van der Waals surface area contributed by atoms with Crippen molar-refractivity contribution < 1.29 is 13.9 Å². The summed E-state index contributed by atoms with van der Waals surface area (Å²) in [5.41, 5.74) is 1.25. The number of hydrogen-bond donors (Lipinski definition) is 0. The van der Waals surface area contributed by atoms with Crippen LogP contribution in [-0.4, -0.2) is 20.4 Å². The SMILES string of the molecule is COc1ccc(C[P+](c2ccccc2)(c2ccccc2)c2ccc(OCC[18F])cc2)cc1. The van der Waals surface area contributed by atoms with Gasteiger partial charge in [-0.2, -0.15) is 0 Å². The van der Waals surface area contributed by atoms with E-state index in [9.17, 15) is 4.39 Å². The Bertz CT molecular complexity index is 1060. The number of hydrogen-bond acceptors (Lipinski definition) is 2. The first kappa shape index (κ1) is 22.0. The van der Waals surface area contributed by atoms with Crippen LogP contribution in [0.3, 0.4) is 0 Å². The number of rotatable bonds is 9. The molecule has 4 aromatic rings. The first-order valence-electron chi connectivity index (χ1n) is 10.7. The molecule has 0 radical (unpaired) electrons. The summed E-state index contributed by atoms with van der Waals surface area (Å²) in [7, 11) is -0.328. The molecule has 0 aromatic heterocycles. The van der Waals surface area contributed by atoms with Gasteiger partial charge >= 0.3 is 0 Å². The van der Waals surface area contributed by atoms with Crippen LogP contribution in [0, 0.1) is 0 Å². The highest BCUT2D eigenvalue weighted by molar-refractivity contribution is 7.95. The lowest BCUT2D eigenvalue weighted by Crippen LogP contribution is -2.32. The highest BCUT2D eigenvalue weighted by Gasteiger charge is 2.45. The van der Waals surface area contributed by atoms with Gasteiger partial charge in [0.05, 0.1) is 13.3 Å². The number of benzene rings is 4. The van der Waals surface area contributed by atoms with Crippen LogP contribution in [0.25, 0.3) is 0 Å². The molecule has 0 saturated carbocycles. The molecule has 0 unspecified atom stereocenters. The minimum Gasteiger partial charge on any atom is -0.497 e. The molecule has 0 N–H and O–H groups in total. The van der Waals surface area contributed by atoms with Gasteiger partial charge in [0.25, 0.3) is 0 Å². The topological polar surface area (TPSA) is 18.5 Å². The van der Waals surface area contributed by atoms with Crippen LogP contribution >= 0.6 is 7.26 Å². The Hall–Kier alpha value is -3.16. The van der Waals surface area contributed by atoms with E-state index in [-0.39, 0.29) is 6.61 Å². The van der Waals surface area contributed by atoms with E-state index in [0.29, 0.717) is 5.75 Å². The fraction of sp³-hybridized carbons (Fsp3) is 0.143. The van der Waals surface area contributed by atoms with Gasteiger partial charge in [-0.3, -0.25) is 0 Å². The molecule has 32 heavy (non-hydrogen) atoms. The van der Waals surface area contributed by atoms with Crippen molar-refractivity contribution in [3.8, 4) is 11.5 Å². The molecule has 4 aromatic carbocycles. The van der Waals surface area contributed by atoms with Crippen molar-refractivity contribution in [3.05, 3.63) is 115 Å². The summed E-state index contributed by atoms with van der Waals surface area (Å²) in [5, 5.41) is 3.90. The molecular weight excluding hydrogens is 417 g/mol. The van der Waals surface area contributed by atoms with Gasteiger partial charge in [-0.25, -0.2) is 4.39 Å². The Labute approximate surface area is 190 Å². The maximum Gasteiger partial charge on any atom is 0.123 e. The van der Waals surface area contributed by atoms with Gasteiger partial charge < -0.3 is 9.47 Å². The van der Waals surface area contributed by atoms with Crippen molar-refractivity contribution in [3.63, 3.8) is 0 Å². The fourth-order valence-electron chi connectivity index (χ4n) is 4.04. The average molecular weight is 444 g/mol. The maximum atomic E-state index is 12.6. The second-order valence-corrected chi connectivity index (χ2v) is 11.0. The van der Waals surface area contributed by atoms with Crippen LogP contribution in [0.1, 0.15) is 5.56 Å². The van der Waals surface area contributed by atoms with Gasteiger partial charge in [-0.1, -0.05) is 48.5 Å². The standard InChI is InChI=1S/C28H27FO2P/c1-30-24-14-12-23(13-15-24)22-32(26-8-4-2-5-9-26,27-10-6-3-7-11-27)28-18-16-25(17-19-28)31-21-20-29/h2-19H,20-22H2,1H3/q+1/i29-1. The molecule has 0 fully saturated rings. The van der Waals surface area contributed by atoms with Crippen LogP contribution in [-0.2, 0) is 6.16 Å². The lowest BCUT2D eigenvalue weighted by molar-refractivity contribution is 0.273. The summed E-state index contributed by atoms with van der Waals surface area (Å²) in [6.45, 7) is -0.424. The van der Waals surface area contributed by atoms with E-state index in [2.05, 4.69) is 84.9 Å². The number of halogens is 1. The fourth-order valence-corrected chi connectivity index (χ4v) is 8.27. The van der Waals surface area contributed by atoms with Crippen LogP contribution in [0.2, 0.25) is 0 Å². The third-order valence-corrected chi connectivity index (χ3v) is 9.97. The van der Waals surface area contributed by atoms with E-state index in [1.54, 1.807) is 7.11 Å². The highest BCUT2D eigenvalue weighted by Crippen LogP contribution is 2.58. The van der Waals surface area contributed by atoms with Crippen molar-refractivity contribution in [1.82, 2.24) is 0 Å². The zero-order chi connectivity index (χ0) is 22.2. The van der Waals surface area contributed by atoms with Gasteiger partial charge in [0, 0.05) is 0 Å². The second kappa shape index (κ2) is 10.4. The van der Waals surface area contributed by atoms with Crippen molar-refractivity contribution >= 4 is 23.2 Å². The predicted molar refractivity (Wildman–Crippen MR) is 133 cm³/mol. The molecule has 0 bridgehead atoms. The first-order valence-corrected chi connectivity index (χ1v) is 12.7. The molecule has 4 heteroatoms. The van der Waals surface area contributed by atoms with Gasteiger partial charge in [0.2, 0.25) is 0 Å². The normalized spacial score (nSPS) is 11.2. The van der Waals surface area contributed by atoms with Gasteiger partial charge in [-0.05, 0) is 66.2 Å². The van der Waals surface area contributed by atoms with Crippen molar-refractivity contribution in [2.75, 3.05) is 20.4 Å². The van der Waals surface area contributed by atoms with Crippen LogP contribution < -0.4 is 25.4 Å². The van der Waals surface area contributed by atoms with E-state index in [1.165, 1.54) is 21.5 Å². The van der Waals surface area contributed by atoms with E-state index in [0.717, 1.165) is 11.9 Å². The first-order chi connectivity index (χ1) is 15.8. The zero-order valence-electron chi connectivity index (χ0n) is 18.2. The maximum absolute atomic E-state index is 12.6. The molecule has 0 heterocycles. The Kier molecular flexibility index (Phi) is 7.19. The van der Waals surface area contributed by atoms with E-state index < -0.39 is 13.9 Å². The Morgan fingerprint density at radius 3 is 1.62 bits per heavy atom. The molecule has 0 atom stereocenters. The summed E-state index contributed by atoms with van der Waals surface area (Å²) >= 11 is 0. The molecule has 4 rings (SSSR count). The summed E-state index contributed by atoms with van der Waals surface area (Å²) < 4.78 is 23.4. The van der Waals surface area contributed by atoms with Crippen LogP contribution in [0.5, 0.6) is 11.5 Å². The quantitative estimate of drug-likeness (QED) is 0.316. The molecule has 0 aliphatic heterocycles. The molecule has 0 aliphatic rings. The predicted octanol–water partition coefficient (Wildman–Crippen LogP) is 5.54.